The zero-order valence-corrected chi connectivity index (χ0v) is 7.90. The maximum absolute atomic E-state index is 9.26. The van der Waals surface area contributed by atoms with E-state index in [1.54, 1.807) is 12.4 Å². The van der Waals surface area contributed by atoms with Gasteiger partial charge in [-0.3, -0.25) is 0 Å². The number of nitrogens with one attached hydrogen (secondary N) is 1. The van der Waals surface area contributed by atoms with Crippen LogP contribution in [-0.2, 0) is 5.41 Å². The van der Waals surface area contributed by atoms with Crippen molar-refractivity contribution < 1.29 is 0 Å². The lowest BCUT2D eigenvalue weighted by molar-refractivity contribution is 0.381. The summed E-state index contributed by atoms with van der Waals surface area (Å²) in [6.07, 6.45) is 6.69. The van der Waals surface area contributed by atoms with Crippen molar-refractivity contribution in [1.82, 2.24) is 15.3 Å². The minimum Gasteiger partial charge on any atom is -0.317 e. The fourth-order valence-electron chi connectivity index (χ4n) is 1.86. The van der Waals surface area contributed by atoms with Crippen LogP contribution in [-0.4, -0.2) is 23.1 Å². The Bertz CT molecular complexity index is 335. The topological polar surface area (TPSA) is 61.6 Å². The first-order valence-corrected chi connectivity index (χ1v) is 4.75. The molecule has 1 aromatic rings. The first kappa shape index (κ1) is 9.10. The molecule has 2 heterocycles. The Morgan fingerprint density at radius 2 is 1.93 bits per heavy atom. The van der Waals surface area contributed by atoms with Crippen LogP contribution in [0.15, 0.2) is 18.7 Å². The molecule has 0 amide bonds. The SMILES string of the molecule is N#CC1(c2cncnc2)CCNCC1. The highest BCUT2D eigenvalue weighted by molar-refractivity contribution is 5.28. The molecular weight excluding hydrogens is 176 g/mol. The second-order valence-corrected chi connectivity index (χ2v) is 3.57. The van der Waals surface area contributed by atoms with Crippen LogP contribution in [0.25, 0.3) is 0 Å². The van der Waals surface area contributed by atoms with Crippen LogP contribution in [0.2, 0.25) is 0 Å². The van der Waals surface area contributed by atoms with E-state index in [1.165, 1.54) is 6.33 Å². The van der Waals surface area contributed by atoms with E-state index in [4.69, 9.17) is 0 Å². The highest BCUT2D eigenvalue weighted by Crippen LogP contribution is 2.31. The van der Waals surface area contributed by atoms with E-state index in [1.807, 2.05) is 0 Å². The van der Waals surface area contributed by atoms with E-state index >= 15 is 0 Å². The van der Waals surface area contributed by atoms with Gasteiger partial charge in [0.1, 0.15) is 6.33 Å². The molecule has 2 rings (SSSR count). The Morgan fingerprint density at radius 3 is 2.50 bits per heavy atom. The predicted octanol–water partition coefficient (Wildman–Crippen LogP) is 0.621. The number of aromatic nitrogens is 2. The van der Waals surface area contributed by atoms with Gasteiger partial charge in [0, 0.05) is 18.0 Å². The van der Waals surface area contributed by atoms with Crippen molar-refractivity contribution in [1.29, 1.82) is 5.26 Å². The molecule has 0 spiro atoms. The number of hydrogen-bond acceptors (Lipinski definition) is 4. The molecule has 1 aliphatic rings. The number of nitrogens with zero attached hydrogens (tertiary/aromatic N) is 3. The third kappa shape index (κ3) is 1.47. The van der Waals surface area contributed by atoms with Gasteiger partial charge in [0.15, 0.2) is 0 Å². The summed E-state index contributed by atoms with van der Waals surface area (Å²) in [6.45, 7) is 1.78. The lowest BCUT2D eigenvalue weighted by Crippen LogP contribution is -2.38. The first-order chi connectivity index (χ1) is 6.87. The van der Waals surface area contributed by atoms with Gasteiger partial charge in [0.05, 0.1) is 11.5 Å². The third-order valence-electron chi connectivity index (χ3n) is 2.78. The van der Waals surface area contributed by atoms with Crippen molar-refractivity contribution in [2.75, 3.05) is 13.1 Å². The molecule has 0 saturated carbocycles. The average Bonchev–Trinajstić information content (AvgIpc) is 2.31. The molecule has 1 fully saturated rings. The van der Waals surface area contributed by atoms with Gasteiger partial charge in [0.25, 0.3) is 0 Å². The molecule has 4 heteroatoms. The van der Waals surface area contributed by atoms with Gasteiger partial charge in [-0.2, -0.15) is 5.26 Å². The standard InChI is InChI=1S/C10H12N4/c11-7-10(1-3-12-4-2-10)9-5-13-8-14-6-9/h5-6,8,12H,1-4H2. The molecule has 0 radical (unpaired) electrons. The molecule has 1 aliphatic heterocycles. The number of rotatable bonds is 1. The summed E-state index contributed by atoms with van der Waals surface area (Å²) in [5.41, 5.74) is 0.580. The van der Waals surface area contributed by atoms with Crippen molar-refractivity contribution in [3.8, 4) is 6.07 Å². The van der Waals surface area contributed by atoms with Crippen molar-refractivity contribution in [2.45, 2.75) is 18.3 Å². The summed E-state index contributed by atoms with van der Waals surface area (Å²) in [5.74, 6) is 0. The molecule has 0 bridgehead atoms. The van der Waals surface area contributed by atoms with Crippen molar-refractivity contribution in [2.24, 2.45) is 0 Å². The first-order valence-electron chi connectivity index (χ1n) is 4.75. The summed E-state index contributed by atoms with van der Waals surface area (Å²) in [4.78, 5) is 7.94. The number of hydrogen-bond donors (Lipinski definition) is 1. The van der Waals surface area contributed by atoms with Crippen LogP contribution in [0.3, 0.4) is 0 Å². The van der Waals surface area contributed by atoms with E-state index in [9.17, 15) is 5.26 Å². The number of piperidine rings is 1. The summed E-state index contributed by atoms with van der Waals surface area (Å²) in [5, 5.41) is 12.5. The van der Waals surface area contributed by atoms with Crippen LogP contribution < -0.4 is 5.32 Å². The molecule has 1 saturated heterocycles. The van der Waals surface area contributed by atoms with Crippen molar-refractivity contribution >= 4 is 0 Å². The van der Waals surface area contributed by atoms with Crippen LogP contribution >= 0.6 is 0 Å². The molecule has 72 valence electrons. The van der Waals surface area contributed by atoms with E-state index in [-0.39, 0.29) is 5.41 Å². The summed E-state index contributed by atoms with van der Waals surface area (Å²) < 4.78 is 0. The molecule has 0 unspecified atom stereocenters. The lowest BCUT2D eigenvalue weighted by Gasteiger charge is -2.30. The normalized spacial score (nSPS) is 19.9. The average molecular weight is 188 g/mol. The van der Waals surface area contributed by atoms with Crippen LogP contribution in [0.5, 0.6) is 0 Å². The second-order valence-electron chi connectivity index (χ2n) is 3.57. The summed E-state index contributed by atoms with van der Waals surface area (Å²) >= 11 is 0. The fraction of sp³-hybridized carbons (Fsp3) is 0.500. The zero-order chi connectivity index (χ0) is 9.86. The Balaban J connectivity index is 2.33. The fourth-order valence-corrected chi connectivity index (χ4v) is 1.86. The largest absolute Gasteiger partial charge is 0.317 e. The van der Waals surface area contributed by atoms with Gasteiger partial charge < -0.3 is 5.32 Å². The zero-order valence-electron chi connectivity index (χ0n) is 7.90. The third-order valence-corrected chi connectivity index (χ3v) is 2.78. The van der Waals surface area contributed by atoms with Gasteiger partial charge in [-0.15, -0.1) is 0 Å². The van der Waals surface area contributed by atoms with Gasteiger partial charge in [-0.1, -0.05) is 0 Å². The molecule has 1 N–H and O–H groups in total. The van der Waals surface area contributed by atoms with Crippen LogP contribution in [0.4, 0.5) is 0 Å². The van der Waals surface area contributed by atoms with E-state index in [0.29, 0.717) is 0 Å². The van der Waals surface area contributed by atoms with Crippen molar-refractivity contribution in [3.63, 3.8) is 0 Å². The Labute approximate surface area is 83.0 Å². The van der Waals surface area contributed by atoms with Gasteiger partial charge in [0.2, 0.25) is 0 Å². The summed E-state index contributed by atoms with van der Waals surface area (Å²) in [6, 6.07) is 2.41. The maximum Gasteiger partial charge on any atom is 0.115 e. The highest BCUT2D eigenvalue weighted by Gasteiger charge is 2.34. The lowest BCUT2D eigenvalue weighted by atomic mass is 9.76. The summed E-state index contributed by atoms with van der Waals surface area (Å²) in [7, 11) is 0. The van der Waals surface area contributed by atoms with Gasteiger partial charge in [-0.05, 0) is 25.9 Å². The molecule has 0 aromatic carbocycles. The van der Waals surface area contributed by atoms with Crippen LogP contribution in [0, 0.1) is 11.3 Å². The Morgan fingerprint density at radius 1 is 1.29 bits per heavy atom. The molecule has 4 nitrogen and oxygen atoms in total. The Kier molecular flexibility index (Phi) is 2.42. The van der Waals surface area contributed by atoms with Gasteiger partial charge >= 0.3 is 0 Å². The molecular formula is C10H12N4. The molecule has 0 atom stereocenters. The van der Waals surface area contributed by atoms with E-state index < -0.39 is 0 Å². The van der Waals surface area contributed by atoms with E-state index in [0.717, 1.165) is 31.5 Å². The van der Waals surface area contributed by atoms with Crippen LogP contribution in [0.1, 0.15) is 18.4 Å². The minimum atomic E-state index is -0.369. The second kappa shape index (κ2) is 3.72. The monoisotopic (exact) mass is 188 g/mol. The maximum atomic E-state index is 9.26. The molecule has 0 aliphatic carbocycles. The van der Waals surface area contributed by atoms with Crippen molar-refractivity contribution in [3.05, 3.63) is 24.3 Å². The highest BCUT2D eigenvalue weighted by atomic mass is 14.9. The van der Waals surface area contributed by atoms with Gasteiger partial charge in [-0.25, -0.2) is 9.97 Å². The predicted molar refractivity (Wildman–Crippen MR) is 51.4 cm³/mol. The quantitative estimate of drug-likeness (QED) is 0.701. The molecule has 1 aromatic heterocycles. The smallest absolute Gasteiger partial charge is 0.115 e. The number of nitriles is 1. The molecule has 14 heavy (non-hydrogen) atoms. The van der Waals surface area contributed by atoms with E-state index in [2.05, 4.69) is 21.4 Å². The Hall–Kier alpha value is -1.47. The minimum absolute atomic E-state index is 0.369.